The van der Waals surface area contributed by atoms with E-state index in [-0.39, 0.29) is 12.1 Å². The molecule has 0 aromatic rings. The Morgan fingerprint density at radius 3 is 2.72 bits per heavy atom. The van der Waals surface area contributed by atoms with Crippen LogP contribution < -0.4 is 5.32 Å². The van der Waals surface area contributed by atoms with Gasteiger partial charge in [-0.05, 0) is 19.8 Å². The maximum Gasteiger partial charge on any atom is 0.411 e. The van der Waals surface area contributed by atoms with Gasteiger partial charge in [0.15, 0.2) is 0 Å². The Bertz CT molecular complexity index is 248. The average Bonchev–Trinajstić information content (AvgIpc) is 2.29. The fraction of sp³-hybridized carbons (Fsp3) is 1.00. The monoisotopic (exact) mass is 268 g/mol. The minimum Gasteiger partial charge on any atom is -0.372 e. The van der Waals surface area contributed by atoms with Crippen molar-refractivity contribution in [1.82, 2.24) is 10.2 Å². The summed E-state index contributed by atoms with van der Waals surface area (Å²) in [7, 11) is 0. The lowest BCUT2D eigenvalue weighted by molar-refractivity contribution is -0.174. The molecule has 6 heteroatoms. The maximum absolute atomic E-state index is 11.9. The van der Waals surface area contributed by atoms with E-state index in [0.29, 0.717) is 6.42 Å². The van der Waals surface area contributed by atoms with Gasteiger partial charge in [-0.3, -0.25) is 4.90 Å². The first-order valence-corrected chi connectivity index (χ1v) is 6.48. The summed E-state index contributed by atoms with van der Waals surface area (Å²) in [6.07, 6.45) is -2.54. The maximum atomic E-state index is 11.9. The molecule has 18 heavy (non-hydrogen) atoms. The van der Waals surface area contributed by atoms with Crippen molar-refractivity contribution < 1.29 is 17.9 Å². The van der Waals surface area contributed by atoms with Crippen molar-refractivity contribution >= 4 is 0 Å². The summed E-state index contributed by atoms with van der Waals surface area (Å²) < 4.78 is 40.2. The van der Waals surface area contributed by atoms with Gasteiger partial charge >= 0.3 is 6.18 Å². The summed E-state index contributed by atoms with van der Waals surface area (Å²) in [5.41, 5.74) is 0.113. The third-order valence-electron chi connectivity index (χ3n) is 3.57. The first-order valence-electron chi connectivity index (χ1n) is 6.48. The molecule has 1 heterocycles. The quantitative estimate of drug-likeness (QED) is 0.746. The van der Waals surface area contributed by atoms with Gasteiger partial charge in [-0.2, -0.15) is 13.2 Å². The van der Waals surface area contributed by atoms with Crippen molar-refractivity contribution in [2.75, 3.05) is 39.4 Å². The molecule has 0 aromatic carbocycles. The Morgan fingerprint density at radius 2 is 2.11 bits per heavy atom. The number of halogens is 3. The van der Waals surface area contributed by atoms with Gasteiger partial charge in [0.05, 0.1) is 0 Å². The van der Waals surface area contributed by atoms with Crippen LogP contribution in [-0.4, -0.2) is 56.0 Å². The number of nitrogens with zero attached hydrogens (tertiary/aromatic N) is 1. The molecule has 0 radical (unpaired) electrons. The van der Waals surface area contributed by atoms with Crippen LogP contribution in [0.3, 0.4) is 0 Å². The largest absolute Gasteiger partial charge is 0.411 e. The van der Waals surface area contributed by atoms with Crippen LogP contribution in [0.4, 0.5) is 13.2 Å². The second-order valence-electron chi connectivity index (χ2n) is 5.04. The Labute approximate surface area is 107 Å². The molecule has 0 aliphatic carbocycles. The summed E-state index contributed by atoms with van der Waals surface area (Å²) in [4.78, 5) is 2.35. The third-order valence-corrected chi connectivity index (χ3v) is 3.57. The number of hydrogen-bond donors (Lipinski definition) is 1. The second kappa shape index (κ2) is 6.73. The molecule has 108 valence electrons. The summed E-state index contributed by atoms with van der Waals surface area (Å²) in [6, 6.07) is 0. The lowest BCUT2D eigenvalue weighted by atomic mass is 9.94. The molecule has 0 spiro atoms. The van der Waals surface area contributed by atoms with E-state index in [9.17, 15) is 13.2 Å². The van der Waals surface area contributed by atoms with E-state index < -0.39 is 12.8 Å². The highest BCUT2D eigenvalue weighted by Crippen LogP contribution is 2.21. The standard InChI is InChI=1S/C12H23F3N2O/c1-3-11(2)9-16-5-7-17(11)6-4-8-18-10-12(13,14)15/h16H,3-10H2,1-2H3. The Hall–Kier alpha value is -0.330. The zero-order valence-electron chi connectivity index (χ0n) is 11.1. The van der Waals surface area contributed by atoms with E-state index >= 15 is 0 Å². The number of rotatable bonds is 6. The molecule has 0 bridgehead atoms. The second-order valence-corrected chi connectivity index (χ2v) is 5.04. The summed E-state index contributed by atoms with van der Waals surface area (Å²) >= 11 is 0. The molecule has 1 fully saturated rings. The van der Waals surface area contributed by atoms with Gasteiger partial charge in [0.2, 0.25) is 0 Å². The van der Waals surface area contributed by atoms with Crippen LogP contribution in [0.5, 0.6) is 0 Å². The summed E-state index contributed by atoms with van der Waals surface area (Å²) in [6.45, 7) is 6.98. The van der Waals surface area contributed by atoms with Crippen LogP contribution >= 0.6 is 0 Å². The van der Waals surface area contributed by atoms with Gasteiger partial charge in [-0.15, -0.1) is 0 Å². The predicted molar refractivity (Wildman–Crippen MR) is 64.6 cm³/mol. The molecule has 3 nitrogen and oxygen atoms in total. The lowest BCUT2D eigenvalue weighted by Crippen LogP contribution is -2.59. The number of alkyl halides is 3. The smallest absolute Gasteiger partial charge is 0.372 e. The number of ether oxygens (including phenoxy) is 1. The van der Waals surface area contributed by atoms with Crippen molar-refractivity contribution in [2.24, 2.45) is 0 Å². The van der Waals surface area contributed by atoms with Gasteiger partial charge in [0, 0.05) is 38.3 Å². The van der Waals surface area contributed by atoms with Crippen molar-refractivity contribution in [3.8, 4) is 0 Å². The van der Waals surface area contributed by atoms with Crippen LogP contribution in [-0.2, 0) is 4.74 Å². The SMILES string of the molecule is CCC1(C)CNCCN1CCCOCC(F)(F)F. The minimum absolute atomic E-state index is 0.113. The lowest BCUT2D eigenvalue weighted by Gasteiger charge is -2.45. The van der Waals surface area contributed by atoms with E-state index in [1.807, 2.05) is 0 Å². The fourth-order valence-electron chi connectivity index (χ4n) is 2.23. The van der Waals surface area contributed by atoms with Gasteiger partial charge in [-0.25, -0.2) is 0 Å². The highest BCUT2D eigenvalue weighted by atomic mass is 19.4. The molecular weight excluding hydrogens is 245 g/mol. The van der Waals surface area contributed by atoms with Crippen LogP contribution in [0.25, 0.3) is 0 Å². The van der Waals surface area contributed by atoms with Gasteiger partial charge in [-0.1, -0.05) is 6.92 Å². The Morgan fingerprint density at radius 1 is 1.39 bits per heavy atom. The molecule has 1 N–H and O–H groups in total. The summed E-state index contributed by atoms with van der Waals surface area (Å²) in [5.74, 6) is 0. The van der Waals surface area contributed by atoms with Gasteiger partial charge < -0.3 is 10.1 Å². The van der Waals surface area contributed by atoms with E-state index in [1.54, 1.807) is 0 Å². The van der Waals surface area contributed by atoms with E-state index in [4.69, 9.17) is 0 Å². The Kier molecular flexibility index (Phi) is 5.88. The molecule has 1 aliphatic heterocycles. The molecule has 1 aliphatic rings. The van der Waals surface area contributed by atoms with Crippen LogP contribution in [0, 0.1) is 0 Å². The molecule has 1 rings (SSSR count). The molecule has 0 aromatic heterocycles. The van der Waals surface area contributed by atoms with Crippen LogP contribution in [0.1, 0.15) is 26.7 Å². The summed E-state index contributed by atoms with van der Waals surface area (Å²) in [5, 5.41) is 3.36. The molecule has 0 amide bonds. The van der Waals surface area contributed by atoms with E-state index in [0.717, 1.165) is 32.6 Å². The van der Waals surface area contributed by atoms with E-state index in [2.05, 4.69) is 28.8 Å². The van der Waals surface area contributed by atoms with Gasteiger partial charge in [0.1, 0.15) is 6.61 Å². The number of nitrogens with one attached hydrogen (secondary N) is 1. The number of piperazine rings is 1. The highest BCUT2D eigenvalue weighted by molar-refractivity contribution is 4.90. The van der Waals surface area contributed by atoms with E-state index in [1.165, 1.54) is 0 Å². The normalized spacial score (nSPS) is 26.5. The fourth-order valence-corrected chi connectivity index (χ4v) is 2.23. The minimum atomic E-state index is -4.22. The molecule has 0 saturated carbocycles. The molecular formula is C12H23F3N2O. The third kappa shape index (κ3) is 5.12. The van der Waals surface area contributed by atoms with Crippen molar-refractivity contribution in [2.45, 2.75) is 38.4 Å². The zero-order chi connectivity index (χ0) is 13.6. The topological polar surface area (TPSA) is 24.5 Å². The van der Waals surface area contributed by atoms with Crippen molar-refractivity contribution in [3.63, 3.8) is 0 Å². The first-order chi connectivity index (χ1) is 8.37. The van der Waals surface area contributed by atoms with Crippen LogP contribution in [0.2, 0.25) is 0 Å². The van der Waals surface area contributed by atoms with Crippen molar-refractivity contribution in [3.05, 3.63) is 0 Å². The average molecular weight is 268 g/mol. The first kappa shape index (κ1) is 15.7. The zero-order valence-corrected chi connectivity index (χ0v) is 11.1. The predicted octanol–water partition coefficient (Wildman–Crippen LogP) is 2.03. The Balaban J connectivity index is 2.21. The van der Waals surface area contributed by atoms with Crippen LogP contribution in [0.15, 0.2) is 0 Å². The van der Waals surface area contributed by atoms with Crippen molar-refractivity contribution in [1.29, 1.82) is 0 Å². The molecule has 1 atom stereocenters. The molecule has 1 saturated heterocycles. The van der Waals surface area contributed by atoms with Gasteiger partial charge in [0.25, 0.3) is 0 Å². The molecule has 1 unspecified atom stereocenters. The highest BCUT2D eigenvalue weighted by Gasteiger charge is 2.32. The number of hydrogen-bond acceptors (Lipinski definition) is 3.